The maximum absolute atomic E-state index is 13.4. The summed E-state index contributed by atoms with van der Waals surface area (Å²) in [5.41, 5.74) is 1.82. The van der Waals surface area contributed by atoms with Gasteiger partial charge in [-0.2, -0.15) is 0 Å². The number of carbonyl (C=O) groups excluding carboxylic acids is 1. The molecule has 1 unspecified atom stereocenters. The van der Waals surface area contributed by atoms with Crippen molar-refractivity contribution >= 4 is 17.5 Å². The number of aliphatic hydroxyl groups excluding tert-OH is 1. The molecule has 2 aliphatic heterocycles. The van der Waals surface area contributed by atoms with Crippen LogP contribution in [0.4, 0.5) is 0 Å². The molecule has 32 heavy (non-hydrogen) atoms. The Morgan fingerprint density at radius 2 is 1.81 bits per heavy atom. The third kappa shape index (κ3) is 4.72. The Morgan fingerprint density at radius 3 is 2.47 bits per heavy atom. The van der Waals surface area contributed by atoms with Crippen molar-refractivity contribution in [1.29, 1.82) is 0 Å². The largest absolute Gasteiger partial charge is 0.448 e. The Balaban J connectivity index is 1.42. The summed E-state index contributed by atoms with van der Waals surface area (Å²) < 4.78 is 12.4. The van der Waals surface area contributed by atoms with Crippen molar-refractivity contribution < 1.29 is 19.4 Å². The van der Waals surface area contributed by atoms with Gasteiger partial charge in [-0.15, -0.1) is 0 Å². The number of amides is 1. The number of aliphatic hydroxyl groups is 1. The lowest BCUT2D eigenvalue weighted by atomic mass is 9.86. The fourth-order valence-corrected chi connectivity index (χ4v) is 4.47. The normalized spacial score (nSPS) is 17.2. The van der Waals surface area contributed by atoms with E-state index in [-0.39, 0.29) is 24.3 Å². The van der Waals surface area contributed by atoms with E-state index in [0.29, 0.717) is 48.9 Å². The van der Waals surface area contributed by atoms with E-state index in [1.165, 1.54) is 0 Å². The summed E-state index contributed by atoms with van der Waals surface area (Å²) in [5, 5.41) is 9.55. The topological polar surface area (TPSA) is 59.0 Å². The standard InChI is InChI=1S/C26H28ClNO4/c1-18(2)24(20-7-9-21(27)10-8-20)25(30)28-14-12-26(13-15-28)31-22-11-6-19(5-3-4-16-29)17-23(22)32-26/h6-11,17-18,24,29H,4,12-16H2,1-2H3. The summed E-state index contributed by atoms with van der Waals surface area (Å²) in [5.74, 6) is 6.70. The van der Waals surface area contributed by atoms with Gasteiger partial charge in [0, 0.05) is 42.9 Å². The minimum atomic E-state index is -0.732. The summed E-state index contributed by atoms with van der Waals surface area (Å²) in [6.45, 7) is 5.35. The first kappa shape index (κ1) is 22.5. The fourth-order valence-electron chi connectivity index (χ4n) is 4.34. The molecule has 1 amide bonds. The first-order valence-electron chi connectivity index (χ1n) is 11.1. The predicted molar refractivity (Wildman–Crippen MR) is 124 cm³/mol. The number of carbonyl (C=O) groups is 1. The zero-order valence-corrected chi connectivity index (χ0v) is 19.2. The minimum absolute atomic E-state index is 0.0472. The van der Waals surface area contributed by atoms with Gasteiger partial charge in [-0.3, -0.25) is 4.79 Å². The van der Waals surface area contributed by atoms with Crippen LogP contribution in [0.1, 0.15) is 50.2 Å². The van der Waals surface area contributed by atoms with E-state index in [0.717, 1.165) is 11.1 Å². The van der Waals surface area contributed by atoms with Crippen molar-refractivity contribution in [3.63, 3.8) is 0 Å². The maximum atomic E-state index is 13.4. The fraction of sp³-hybridized carbons (Fsp3) is 0.423. The third-order valence-corrected chi connectivity index (χ3v) is 6.26. The molecule has 1 saturated heterocycles. The number of rotatable bonds is 4. The second-order valence-corrected chi connectivity index (χ2v) is 9.09. The Kier molecular flexibility index (Phi) is 6.64. The van der Waals surface area contributed by atoms with E-state index in [2.05, 4.69) is 25.7 Å². The molecule has 0 saturated carbocycles. The van der Waals surface area contributed by atoms with Crippen LogP contribution in [0, 0.1) is 17.8 Å². The molecule has 0 bridgehead atoms. The van der Waals surface area contributed by atoms with Gasteiger partial charge in [0.05, 0.1) is 12.5 Å². The van der Waals surface area contributed by atoms with Crippen molar-refractivity contribution in [2.24, 2.45) is 5.92 Å². The first-order valence-corrected chi connectivity index (χ1v) is 11.4. The molecule has 2 aromatic carbocycles. The van der Waals surface area contributed by atoms with Crippen LogP contribution in [0.25, 0.3) is 0 Å². The smallest absolute Gasteiger partial charge is 0.255 e. The lowest BCUT2D eigenvalue weighted by Crippen LogP contribution is -2.52. The Hall–Kier alpha value is -2.68. The Bertz CT molecular complexity index is 1030. The number of halogens is 1. The van der Waals surface area contributed by atoms with E-state index in [4.69, 9.17) is 26.2 Å². The van der Waals surface area contributed by atoms with E-state index in [1.54, 1.807) is 0 Å². The first-order chi connectivity index (χ1) is 15.4. The van der Waals surface area contributed by atoms with Gasteiger partial charge in [0.25, 0.3) is 5.79 Å². The molecule has 1 spiro atoms. The average Bonchev–Trinajstić information content (AvgIpc) is 3.12. The zero-order valence-electron chi connectivity index (χ0n) is 18.4. The molecule has 2 aliphatic rings. The van der Waals surface area contributed by atoms with Crippen molar-refractivity contribution in [1.82, 2.24) is 4.90 Å². The van der Waals surface area contributed by atoms with Crippen molar-refractivity contribution in [3.05, 3.63) is 58.6 Å². The molecule has 0 radical (unpaired) electrons. The second kappa shape index (κ2) is 9.44. The van der Waals surface area contributed by atoms with Gasteiger partial charge >= 0.3 is 0 Å². The number of piperidine rings is 1. The summed E-state index contributed by atoms with van der Waals surface area (Å²) in [7, 11) is 0. The van der Waals surface area contributed by atoms with Gasteiger partial charge in [-0.1, -0.05) is 49.4 Å². The number of hydrogen-bond acceptors (Lipinski definition) is 4. The molecule has 2 aromatic rings. The van der Waals surface area contributed by atoms with E-state index in [1.807, 2.05) is 47.4 Å². The molecule has 168 valence electrons. The summed E-state index contributed by atoms with van der Waals surface area (Å²) in [4.78, 5) is 15.3. The highest BCUT2D eigenvalue weighted by Crippen LogP contribution is 2.44. The van der Waals surface area contributed by atoms with Crippen LogP contribution in [0.15, 0.2) is 42.5 Å². The van der Waals surface area contributed by atoms with Crippen LogP contribution < -0.4 is 9.47 Å². The van der Waals surface area contributed by atoms with Gasteiger partial charge in [0.1, 0.15) is 0 Å². The van der Waals surface area contributed by atoms with Crippen molar-refractivity contribution in [2.45, 2.75) is 44.8 Å². The maximum Gasteiger partial charge on any atom is 0.255 e. The van der Waals surface area contributed by atoms with Crippen LogP contribution in [0.3, 0.4) is 0 Å². The number of benzene rings is 2. The van der Waals surface area contributed by atoms with E-state index < -0.39 is 5.79 Å². The molecule has 6 heteroatoms. The van der Waals surface area contributed by atoms with Gasteiger partial charge < -0.3 is 19.5 Å². The molecule has 5 nitrogen and oxygen atoms in total. The van der Waals surface area contributed by atoms with Crippen LogP contribution in [-0.2, 0) is 4.79 Å². The van der Waals surface area contributed by atoms with Gasteiger partial charge in [-0.25, -0.2) is 0 Å². The predicted octanol–water partition coefficient (Wildman–Crippen LogP) is 4.60. The molecule has 0 aliphatic carbocycles. The van der Waals surface area contributed by atoms with E-state index in [9.17, 15) is 4.79 Å². The van der Waals surface area contributed by atoms with Gasteiger partial charge in [-0.05, 0) is 41.8 Å². The van der Waals surface area contributed by atoms with Crippen LogP contribution in [-0.4, -0.2) is 41.4 Å². The van der Waals surface area contributed by atoms with Crippen molar-refractivity contribution in [2.75, 3.05) is 19.7 Å². The summed E-state index contributed by atoms with van der Waals surface area (Å²) in [6, 6.07) is 13.2. The van der Waals surface area contributed by atoms with Crippen molar-refractivity contribution in [3.8, 4) is 23.3 Å². The number of fused-ring (bicyclic) bond motifs is 1. The molecular weight excluding hydrogens is 426 g/mol. The molecule has 0 aromatic heterocycles. The Labute approximate surface area is 194 Å². The quantitative estimate of drug-likeness (QED) is 0.687. The summed E-state index contributed by atoms with van der Waals surface area (Å²) >= 11 is 6.03. The molecule has 1 atom stereocenters. The lowest BCUT2D eigenvalue weighted by Gasteiger charge is -2.39. The molecule has 4 rings (SSSR count). The number of hydrogen-bond donors (Lipinski definition) is 1. The SMILES string of the molecule is CC(C)C(C(=O)N1CCC2(CC1)Oc1ccc(C#CCCO)cc1O2)c1ccc(Cl)cc1. The lowest BCUT2D eigenvalue weighted by molar-refractivity contribution is -0.148. The minimum Gasteiger partial charge on any atom is -0.448 e. The number of likely N-dealkylation sites (tertiary alicyclic amines) is 1. The molecule has 2 heterocycles. The Morgan fingerprint density at radius 1 is 1.12 bits per heavy atom. The second-order valence-electron chi connectivity index (χ2n) is 8.65. The van der Waals surface area contributed by atoms with Crippen LogP contribution >= 0.6 is 11.6 Å². The molecule has 1 fully saturated rings. The highest BCUT2D eigenvalue weighted by molar-refractivity contribution is 6.30. The third-order valence-electron chi connectivity index (χ3n) is 6.00. The van der Waals surface area contributed by atoms with E-state index >= 15 is 0 Å². The number of nitrogens with zero attached hydrogens (tertiary/aromatic N) is 1. The summed E-state index contributed by atoms with van der Waals surface area (Å²) in [6.07, 6.45) is 1.64. The number of ether oxygens (including phenoxy) is 2. The van der Waals surface area contributed by atoms with Crippen LogP contribution in [0.2, 0.25) is 5.02 Å². The molecule has 1 N–H and O–H groups in total. The average molecular weight is 454 g/mol. The molecular formula is C26H28ClNO4. The highest BCUT2D eigenvalue weighted by atomic mass is 35.5. The zero-order chi connectivity index (χ0) is 22.7. The highest BCUT2D eigenvalue weighted by Gasteiger charge is 2.46. The van der Waals surface area contributed by atoms with Gasteiger partial charge in [0.15, 0.2) is 11.5 Å². The van der Waals surface area contributed by atoms with Crippen LogP contribution in [0.5, 0.6) is 11.5 Å². The monoisotopic (exact) mass is 453 g/mol. The van der Waals surface area contributed by atoms with Gasteiger partial charge in [0.2, 0.25) is 5.91 Å².